The first kappa shape index (κ1) is 32.8. The summed E-state index contributed by atoms with van der Waals surface area (Å²) in [6.45, 7) is 7.48. The number of aromatic nitrogens is 1. The number of amides is 1. The number of ether oxygens (including phenoxy) is 1. The Morgan fingerprint density at radius 1 is 1.23 bits per heavy atom. The zero-order valence-electron chi connectivity index (χ0n) is 23.2. The highest BCUT2D eigenvalue weighted by atomic mass is 19.4. The normalized spacial score (nSPS) is 14.0. The van der Waals surface area contributed by atoms with Gasteiger partial charge in [0.05, 0.1) is 22.4 Å². The zero-order chi connectivity index (χ0) is 30.5. The Labute approximate surface area is 229 Å². The third kappa shape index (κ3) is 7.04. The van der Waals surface area contributed by atoms with Gasteiger partial charge in [0.15, 0.2) is 12.1 Å². The van der Waals surface area contributed by atoms with E-state index in [2.05, 4.69) is 15.6 Å². The van der Waals surface area contributed by atoms with Crippen molar-refractivity contribution in [3.05, 3.63) is 40.0 Å². The molecule has 1 heterocycles. The largest absolute Gasteiger partial charge is 0.474 e. The van der Waals surface area contributed by atoms with Gasteiger partial charge in [-0.2, -0.15) is 13.2 Å². The van der Waals surface area contributed by atoms with Crippen molar-refractivity contribution in [1.29, 1.82) is 0 Å². The molecule has 3 unspecified atom stereocenters. The van der Waals surface area contributed by atoms with E-state index in [0.29, 0.717) is 30.6 Å². The van der Waals surface area contributed by atoms with Crippen molar-refractivity contribution < 1.29 is 36.3 Å². The number of nitrogens with zero attached hydrogens (tertiary/aromatic N) is 2. The summed E-state index contributed by atoms with van der Waals surface area (Å²) in [5, 5.41) is 6.81. The van der Waals surface area contributed by atoms with Crippen LogP contribution in [0.15, 0.2) is 6.07 Å². The maximum Gasteiger partial charge on any atom is 0.417 e. The van der Waals surface area contributed by atoms with Gasteiger partial charge in [0.2, 0.25) is 5.88 Å². The number of hydrogen-bond acceptors (Lipinski definition) is 8. The van der Waals surface area contributed by atoms with Crippen LogP contribution in [0.4, 0.5) is 27.6 Å². The van der Waals surface area contributed by atoms with Gasteiger partial charge in [-0.1, -0.05) is 6.92 Å². The highest BCUT2D eigenvalue weighted by molar-refractivity contribution is 6.03. The minimum absolute atomic E-state index is 0.101. The number of alkyl halides is 3. The molecule has 0 saturated carbocycles. The fourth-order valence-electron chi connectivity index (χ4n) is 4.33. The molecule has 222 valence electrons. The Kier molecular flexibility index (Phi) is 10.9. The Hall–Kier alpha value is -3.36. The summed E-state index contributed by atoms with van der Waals surface area (Å²) in [6.07, 6.45) is -5.14. The number of carbonyl (C=O) groups excluding carboxylic acids is 2. The molecule has 1 amide bonds. The number of aldehydes is 1. The third-order valence-electron chi connectivity index (χ3n) is 6.58. The second-order valence-corrected chi connectivity index (χ2v) is 9.59. The highest BCUT2D eigenvalue weighted by Crippen LogP contribution is 2.43. The predicted molar refractivity (Wildman–Crippen MR) is 141 cm³/mol. The van der Waals surface area contributed by atoms with Crippen molar-refractivity contribution in [1.82, 2.24) is 20.6 Å². The molecule has 2 rings (SSSR count). The monoisotopic (exact) mass is 574 g/mol. The molecule has 9 nitrogen and oxygen atoms in total. The van der Waals surface area contributed by atoms with Crippen molar-refractivity contribution >= 4 is 17.9 Å². The number of anilines is 1. The van der Waals surface area contributed by atoms with Gasteiger partial charge in [-0.15, -0.1) is 0 Å². The summed E-state index contributed by atoms with van der Waals surface area (Å²) < 4.78 is 78.5. The number of halogens is 5. The number of nitrogens with two attached hydrogens (primary N) is 2. The average molecular weight is 575 g/mol. The summed E-state index contributed by atoms with van der Waals surface area (Å²) >= 11 is 0. The van der Waals surface area contributed by atoms with Crippen molar-refractivity contribution in [3.63, 3.8) is 0 Å². The molecule has 2 aromatic rings. The van der Waals surface area contributed by atoms with E-state index >= 15 is 4.39 Å². The van der Waals surface area contributed by atoms with Gasteiger partial charge in [0.1, 0.15) is 17.6 Å². The van der Waals surface area contributed by atoms with Gasteiger partial charge in [-0.05, 0) is 45.9 Å². The van der Waals surface area contributed by atoms with E-state index in [-0.39, 0.29) is 18.2 Å². The van der Waals surface area contributed by atoms with Crippen LogP contribution in [-0.4, -0.2) is 61.5 Å². The van der Waals surface area contributed by atoms with E-state index in [0.717, 1.165) is 14.0 Å². The molecule has 1 aromatic heterocycles. The first-order chi connectivity index (χ1) is 18.6. The zero-order valence-corrected chi connectivity index (χ0v) is 23.2. The van der Waals surface area contributed by atoms with Crippen molar-refractivity contribution in [2.45, 2.75) is 52.4 Å². The van der Waals surface area contributed by atoms with Crippen LogP contribution in [0, 0.1) is 24.5 Å². The molecule has 3 atom stereocenters. The molecular weight excluding hydrogens is 539 g/mol. The first-order valence-corrected chi connectivity index (χ1v) is 12.5. The van der Waals surface area contributed by atoms with Crippen LogP contribution in [0.3, 0.4) is 0 Å². The maximum absolute atomic E-state index is 15.9. The van der Waals surface area contributed by atoms with E-state index in [9.17, 15) is 27.2 Å². The van der Waals surface area contributed by atoms with E-state index in [4.69, 9.17) is 16.3 Å². The number of carbonyl (C=O) groups is 2. The Morgan fingerprint density at radius 2 is 1.85 bits per heavy atom. The standard InChI is InChI=1S/C26H35F5N6O3/c1-7-15(10-35-12(2)9-34-5)14(4)40-24-17(11-38)19(25(39)37(6)33)22(28)23(36-24)16-8-18(32)21(27)13(3)20(16)26(29,30)31/h8,11-12,14-15,34-35H,7,9-10,32-33H2,1-6H3. The first-order valence-electron chi connectivity index (χ1n) is 12.5. The molecular formula is C26H35F5N6O3. The van der Waals surface area contributed by atoms with E-state index < -0.39 is 74.9 Å². The molecule has 1 aromatic carbocycles. The number of benzene rings is 1. The number of nitrogens with one attached hydrogen (secondary N) is 2. The quantitative estimate of drug-likeness (QED) is 0.0753. The summed E-state index contributed by atoms with van der Waals surface area (Å²) in [7, 11) is 2.87. The van der Waals surface area contributed by atoms with Gasteiger partial charge in [0.25, 0.3) is 5.91 Å². The highest BCUT2D eigenvalue weighted by Gasteiger charge is 2.40. The fourth-order valence-corrected chi connectivity index (χ4v) is 4.33. The lowest BCUT2D eigenvalue weighted by Gasteiger charge is -2.27. The average Bonchev–Trinajstić information content (AvgIpc) is 2.86. The van der Waals surface area contributed by atoms with E-state index in [1.54, 1.807) is 14.0 Å². The fraction of sp³-hybridized carbons (Fsp3) is 0.500. The molecule has 0 radical (unpaired) electrons. The number of pyridine rings is 1. The molecule has 0 aliphatic carbocycles. The number of rotatable bonds is 12. The van der Waals surface area contributed by atoms with Gasteiger partial charge >= 0.3 is 6.18 Å². The van der Waals surface area contributed by atoms with Crippen LogP contribution in [0.25, 0.3) is 11.3 Å². The van der Waals surface area contributed by atoms with Crippen molar-refractivity contribution in [3.8, 4) is 17.1 Å². The van der Waals surface area contributed by atoms with Gasteiger partial charge in [0, 0.05) is 37.7 Å². The van der Waals surface area contributed by atoms with Crippen molar-refractivity contribution in [2.75, 3.05) is 32.9 Å². The summed E-state index contributed by atoms with van der Waals surface area (Å²) in [5.41, 5.74) is -1.07. The van der Waals surface area contributed by atoms with Crippen LogP contribution in [0.1, 0.15) is 59.0 Å². The Balaban J connectivity index is 2.81. The van der Waals surface area contributed by atoms with Crippen LogP contribution in [0.5, 0.6) is 5.88 Å². The smallest absolute Gasteiger partial charge is 0.417 e. The van der Waals surface area contributed by atoms with Crippen molar-refractivity contribution in [2.24, 2.45) is 11.8 Å². The van der Waals surface area contributed by atoms with Crippen LogP contribution < -0.4 is 26.9 Å². The van der Waals surface area contributed by atoms with Crippen LogP contribution >= 0.6 is 0 Å². The minimum atomic E-state index is -5.16. The Bertz CT molecular complexity index is 1240. The third-order valence-corrected chi connectivity index (χ3v) is 6.58. The molecule has 0 aliphatic rings. The molecule has 0 saturated heterocycles. The van der Waals surface area contributed by atoms with E-state index in [1.165, 1.54) is 0 Å². The van der Waals surface area contributed by atoms with Gasteiger partial charge < -0.3 is 21.1 Å². The van der Waals surface area contributed by atoms with E-state index in [1.807, 2.05) is 13.8 Å². The molecule has 0 spiro atoms. The summed E-state index contributed by atoms with van der Waals surface area (Å²) in [5.74, 6) is 0.604. The maximum atomic E-state index is 15.9. The lowest BCUT2D eigenvalue weighted by atomic mass is 9.94. The topological polar surface area (TPSA) is 136 Å². The Morgan fingerprint density at radius 3 is 2.35 bits per heavy atom. The lowest BCUT2D eigenvalue weighted by molar-refractivity contribution is -0.137. The molecule has 0 bridgehead atoms. The molecule has 0 aliphatic heterocycles. The second-order valence-electron chi connectivity index (χ2n) is 9.59. The number of hydrazine groups is 1. The molecule has 0 fully saturated rings. The minimum Gasteiger partial charge on any atom is -0.474 e. The van der Waals surface area contributed by atoms with Gasteiger partial charge in [-0.3, -0.25) is 14.6 Å². The number of nitrogen functional groups attached to an aromatic ring is 1. The van der Waals surface area contributed by atoms with Gasteiger partial charge in [-0.25, -0.2) is 19.6 Å². The summed E-state index contributed by atoms with van der Waals surface area (Å²) in [6, 6.07) is 0.678. The summed E-state index contributed by atoms with van der Waals surface area (Å²) in [4.78, 5) is 28.9. The number of hydrogen-bond donors (Lipinski definition) is 4. The SMILES string of the molecule is CCC(CNC(C)CNC)C(C)Oc1nc(-c2cc(N)c(F)c(C)c2C(F)(F)F)c(F)c(C(=O)N(C)N)c1C=O. The number of likely N-dealkylation sites (N-methyl/N-ethyl adjacent to an activating group) is 1. The second kappa shape index (κ2) is 13.3. The van der Waals surface area contributed by atoms with Crippen LogP contribution in [-0.2, 0) is 6.18 Å². The molecule has 6 N–H and O–H groups in total. The predicted octanol–water partition coefficient (Wildman–Crippen LogP) is 3.69. The lowest BCUT2D eigenvalue weighted by Crippen LogP contribution is -2.41. The molecule has 14 heteroatoms. The van der Waals surface area contributed by atoms with Crippen LogP contribution in [0.2, 0.25) is 0 Å². The molecule has 40 heavy (non-hydrogen) atoms.